The fourth-order valence-electron chi connectivity index (χ4n) is 4.54. The Morgan fingerprint density at radius 3 is 2.50 bits per heavy atom. The molecule has 1 aliphatic heterocycles. The fourth-order valence-corrected chi connectivity index (χ4v) is 6.17. The number of nitrogens with zero attached hydrogens (tertiary/aromatic N) is 3. The van der Waals surface area contributed by atoms with Gasteiger partial charge in [0.25, 0.3) is 0 Å². The van der Waals surface area contributed by atoms with E-state index >= 15 is 0 Å². The van der Waals surface area contributed by atoms with Gasteiger partial charge in [-0.3, -0.25) is 9.88 Å². The maximum absolute atomic E-state index is 13.8. The third-order valence-corrected chi connectivity index (χ3v) is 8.43. The van der Waals surface area contributed by atoms with Crippen LogP contribution >= 0.6 is 0 Å². The molecule has 0 aliphatic carbocycles. The molecule has 1 aliphatic rings. The van der Waals surface area contributed by atoms with E-state index < -0.39 is 10.0 Å². The van der Waals surface area contributed by atoms with Gasteiger partial charge >= 0.3 is 0 Å². The molecule has 2 aromatic carbocycles. The highest BCUT2D eigenvalue weighted by Crippen LogP contribution is 2.36. The van der Waals surface area contributed by atoms with Crippen LogP contribution in [0.4, 0.5) is 0 Å². The highest BCUT2D eigenvalue weighted by atomic mass is 32.2. The minimum Gasteiger partial charge on any atom is -0.497 e. The zero-order valence-electron chi connectivity index (χ0n) is 20.5. The van der Waals surface area contributed by atoms with E-state index in [0.29, 0.717) is 25.4 Å². The number of hydrogen-bond donors (Lipinski definition) is 0. The van der Waals surface area contributed by atoms with Gasteiger partial charge in [0.05, 0.1) is 18.0 Å². The van der Waals surface area contributed by atoms with Crippen LogP contribution in [0.5, 0.6) is 5.75 Å². The third kappa shape index (κ3) is 4.87. The number of piperazine rings is 1. The summed E-state index contributed by atoms with van der Waals surface area (Å²) in [6.45, 7) is 10.3. The standard InChI is InChI=1S/C27H33N3O3S/c1-20-18-28-13-12-25(20)21-8-6-9-22(16-21)26-19-29(27(2,3)4)14-15-30(26)34(31,32)24-11-7-10-23(17-24)33-5/h6-13,16-18,26H,14-15,19H2,1-5H3. The van der Waals surface area contributed by atoms with E-state index in [1.165, 1.54) is 0 Å². The Morgan fingerprint density at radius 2 is 1.79 bits per heavy atom. The van der Waals surface area contributed by atoms with Crippen LogP contribution in [0.1, 0.15) is 37.9 Å². The molecular weight excluding hydrogens is 446 g/mol. The van der Waals surface area contributed by atoms with Gasteiger partial charge in [-0.25, -0.2) is 8.42 Å². The first-order valence-electron chi connectivity index (χ1n) is 11.5. The van der Waals surface area contributed by atoms with E-state index in [4.69, 9.17) is 4.74 Å². The largest absolute Gasteiger partial charge is 0.497 e. The topological polar surface area (TPSA) is 62.7 Å². The number of aromatic nitrogens is 1. The molecule has 1 saturated heterocycles. The lowest BCUT2D eigenvalue weighted by atomic mass is 9.95. The second-order valence-corrected chi connectivity index (χ2v) is 11.6. The number of methoxy groups -OCH3 is 1. The number of pyridine rings is 1. The summed E-state index contributed by atoms with van der Waals surface area (Å²) in [5.41, 5.74) is 4.16. The van der Waals surface area contributed by atoms with E-state index in [9.17, 15) is 8.42 Å². The Balaban J connectivity index is 1.79. The number of rotatable bonds is 5. The number of sulfonamides is 1. The minimum absolute atomic E-state index is 0.0661. The van der Waals surface area contributed by atoms with Gasteiger partial charge in [-0.05, 0) is 74.2 Å². The van der Waals surface area contributed by atoms with Crippen molar-refractivity contribution < 1.29 is 13.2 Å². The van der Waals surface area contributed by atoms with Crippen molar-refractivity contribution in [1.29, 1.82) is 0 Å². The molecule has 34 heavy (non-hydrogen) atoms. The summed E-state index contributed by atoms with van der Waals surface area (Å²) in [5.74, 6) is 0.529. The highest BCUT2D eigenvalue weighted by Gasteiger charge is 2.39. The van der Waals surface area contributed by atoms with Gasteiger partial charge in [-0.1, -0.05) is 24.3 Å². The van der Waals surface area contributed by atoms with Crippen molar-refractivity contribution in [3.63, 3.8) is 0 Å². The quantitative estimate of drug-likeness (QED) is 0.520. The summed E-state index contributed by atoms with van der Waals surface area (Å²) in [6.07, 6.45) is 3.64. The molecule has 6 nitrogen and oxygen atoms in total. The predicted octanol–water partition coefficient (Wildman–Crippen LogP) is 4.91. The number of hydrogen-bond acceptors (Lipinski definition) is 5. The van der Waals surface area contributed by atoms with Crippen molar-refractivity contribution in [2.45, 2.75) is 44.2 Å². The van der Waals surface area contributed by atoms with Gasteiger partial charge in [-0.15, -0.1) is 0 Å². The van der Waals surface area contributed by atoms with Crippen LogP contribution < -0.4 is 4.74 Å². The van der Waals surface area contributed by atoms with Crippen LogP contribution in [0, 0.1) is 6.92 Å². The lowest BCUT2D eigenvalue weighted by Gasteiger charge is -2.46. The zero-order valence-corrected chi connectivity index (χ0v) is 21.3. The molecular formula is C27H33N3O3S. The maximum atomic E-state index is 13.8. The third-order valence-electron chi connectivity index (χ3n) is 6.53. The molecule has 0 bridgehead atoms. The average Bonchev–Trinajstić information content (AvgIpc) is 2.83. The molecule has 3 aromatic rings. The molecule has 2 heterocycles. The number of benzene rings is 2. The van der Waals surface area contributed by atoms with Gasteiger partial charge < -0.3 is 4.74 Å². The summed E-state index contributed by atoms with van der Waals surface area (Å²) in [4.78, 5) is 6.82. The Morgan fingerprint density at radius 1 is 1.03 bits per heavy atom. The van der Waals surface area contributed by atoms with Crippen molar-refractivity contribution in [2.75, 3.05) is 26.7 Å². The van der Waals surface area contributed by atoms with E-state index in [1.54, 1.807) is 41.9 Å². The lowest BCUT2D eigenvalue weighted by Crippen LogP contribution is -2.55. The first-order chi connectivity index (χ1) is 16.1. The molecule has 7 heteroatoms. The minimum atomic E-state index is -3.73. The number of ether oxygens (including phenoxy) is 1. The van der Waals surface area contributed by atoms with Crippen molar-refractivity contribution in [3.05, 3.63) is 78.1 Å². The van der Waals surface area contributed by atoms with Crippen molar-refractivity contribution >= 4 is 10.0 Å². The SMILES string of the molecule is COc1cccc(S(=O)(=O)N2CCN(C(C)(C)C)CC2c2cccc(-c3ccncc3C)c2)c1. The Hall–Kier alpha value is -2.74. The second-order valence-electron chi connectivity index (χ2n) is 9.74. The van der Waals surface area contributed by atoms with E-state index in [1.807, 2.05) is 31.3 Å². The molecule has 1 fully saturated rings. The normalized spacial score (nSPS) is 18.1. The summed E-state index contributed by atoms with van der Waals surface area (Å²) < 4.78 is 34.6. The first kappa shape index (κ1) is 24.4. The predicted molar refractivity (Wildman–Crippen MR) is 135 cm³/mol. The van der Waals surface area contributed by atoms with Crippen LogP contribution in [0.2, 0.25) is 0 Å². The van der Waals surface area contributed by atoms with E-state index in [0.717, 1.165) is 22.3 Å². The van der Waals surface area contributed by atoms with Crippen LogP contribution in [0.15, 0.2) is 71.9 Å². The molecule has 0 amide bonds. The Bertz CT molecular complexity index is 1270. The maximum Gasteiger partial charge on any atom is 0.243 e. The molecule has 4 rings (SSSR count). The molecule has 0 radical (unpaired) electrons. The molecule has 1 atom stereocenters. The number of aryl methyl sites for hydroxylation is 1. The molecule has 0 N–H and O–H groups in total. The molecule has 1 unspecified atom stereocenters. The van der Waals surface area contributed by atoms with Crippen molar-refractivity contribution in [1.82, 2.24) is 14.2 Å². The molecule has 1 aromatic heterocycles. The monoisotopic (exact) mass is 479 g/mol. The second kappa shape index (κ2) is 9.49. The van der Waals surface area contributed by atoms with Crippen LogP contribution in [0.3, 0.4) is 0 Å². The average molecular weight is 480 g/mol. The fraction of sp³-hybridized carbons (Fsp3) is 0.370. The van der Waals surface area contributed by atoms with Gasteiger partial charge in [0.15, 0.2) is 0 Å². The van der Waals surface area contributed by atoms with Gasteiger partial charge in [-0.2, -0.15) is 4.31 Å². The Labute approximate surface area is 203 Å². The van der Waals surface area contributed by atoms with Crippen molar-refractivity contribution in [2.24, 2.45) is 0 Å². The van der Waals surface area contributed by atoms with Crippen LogP contribution in [-0.2, 0) is 10.0 Å². The Kier molecular flexibility index (Phi) is 6.80. The van der Waals surface area contributed by atoms with E-state index in [2.05, 4.69) is 42.8 Å². The molecule has 0 saturated carbocycles. The summed E-state index contributed by atoms with van der Waals surface area (Å²) in [5, 5.41) is 0. The first-order valence-corrected chi connectivity index (χ1v) is 13.0. The molecule has 180 valence electrons. The smallest absolute Gasteiger partial charge is 0.243 e. The highest BCUT2D eigenvalue weighted by molar-refractivity contribution is 7.89. The summed E-state index contributed by atoms with van der Waals surface area (Å²) in [6, 6.07) is 16.6. The summed E-state index contributed by atoms with van der Waals surface area (Å²) in [7, 11) is -2.18. The van der Waals surface area contributed by atoms with Gasteiger partial charge in [0, 0.05) is 43.6 Å². The van der Waals surface area contributed by atoms with Gasteiger partial charge in [0.2, 0.25) is 10.0 Å². The van der Waals surface area contributed by atoms with Crippen molar-refractivity contribution in [3.8, 4) is 16.9 Å². The van der Waals surface area contributed by atoms with Crippen LogP contribution in [-0.4, -0.2) is 54.9 Å². The van der Waals surface area contributed by atoms with Crippen LogP contribution in [0.25, 0.3) is 11.1 Å². The lowest BCUT2D eigenvalue weighted by molar-refractivity contribution is 0.0590. The zero-order chi connectivity index (χ0) is 24.5. The van der Waals surface area contributed by atoms with E-state index in [-0.39, 0.29) is 16.5 Å². The summed E-state index contributed by atoms with van der Waals surface area (Å²) >= 11 is 0. The molecule has 0 spiro atoms. The van der Waals surface area contributed by atoms with Gasteiger partial charge in [0.1, 0.15) is 5.75 Å².